The second kappa shape index (κ2) is 10.2. The number of anilines is 1. The molecular weight excluding hydrogens is 485 g/mol. The standard InChI is InChI=1S/C28H21F3N2S2/c29-28(30,31)26-16-7-6-15-25(26)27-32-33(19-35-27)22-12-8-13-23(17-22)34-18-21-11-4-5-14-24(21)20-9-2-1-3-10-20/h1-17H,18-19H2. The van der Waals surface area contributed by atoms with E-state index in [1.54, 1.807) is 22.8 Å². The lowest BCUT2D eigenvalue weighted by Gasteiger charge is -2.14. The van der Waals surface area contributed by atoms with Gasteiger partial charge in [0.25, 0.3) is 0 Å². The Balaban J connectivity index is 1.34. The highest BCUT2D eigenvalue weighted by atomic mass is 32.2. The van der Waals surface area contributed by atoms with Crippen molar-refractivity contribution in [3.8, 4) is 11.1 Å². The highest BCUT2D eigenvalue weighted by Crippen LogP contribution is 2.37. The van der Waals surface area contributed by atoms with E-state index < -0.39 is 11.7 Å². The molecule has 4 aromatic carbocycles. The first-order chi connectivity index (χ1) is 17.0. The van der Waals surface area contributed by atoms with Gasteiger partial charge in [-0.3, -0.25) is 5.01 Å². The first-order valence-corrected chi connectivity index (χ1v) is 13.0. The van der Waals surface area contributed by atoms with Crippen molar-refractivity contribution in [2.45, 2.75) is 16.8 Å². The number of alkyl halides is 3. The SMILES string of the molecule is FC(F)(F)c1ccccc1C1=NN(c2cccc(SCc3ccccc3-c3ccccc3)c2)CS1. The molecule has 1 aliphatic heterocycles. The molecule has 0 radical (unpaired) electrons. The van der Waals surface area contributed by atoms with Gasteiger partial charge in [0, 0.05) is 16.2 Å². The predicted molar refractivity (Wildman–Crippen MR) is 141 cm³/mol. The number of halogens is 3. The minimum absolute atomic E-state index is 0.121. The number of benzene rings is 4. The van der Waals surface area contributed by atoms with Gasteiger partial charge in [0.1, 0.15) is 5.04 Å². The van der Waals surface area contributed by atoms with Gasteiger partial charge >= 0.3 is 6.18 Å². The van der Waals surface area contributed by atoms with Crippen molar-refractivity contribution in [3.63, 3.8) is 0 Å². The van der Waals surface area contributed by atoms with Crippen LogP contribution in [0.3, 0.4) is 0 Å². The van der Waals surface area contributed by atoms with Crippen LogP contribution in [-0.2, 0) is 11.9 Å². The maximum Gasteiger partial charge on any atom is 0.417 e. The van der Waals surface area contributed by atoms with Gasteiger partial charge in [0.15, 0.2) is 0 Å². The second-order valence-electron chi connectivity index (χ2n) is 7.93. The quantitative estimate of drug-likeness (QED) is 0.244. The van der Waals surface area contributed by atoms with E-state index in [2.05, 4.69) is 41.5 Å². The highest BCUT2D eigenvalue weighted by molar-refractivity contribution is 8.14. The van der Waals surface area contributed by atoms with E-state index in [0.29, 0.717) is 10.9 Å². The van der Waals surface area contributed by atoms with Crippen LogP contribution in [0.2, 0.25) is 0 Å². The van der Waals surface area contributed by atoms with Gasteiger partial charge in [-0.05, 0) is 41.0 Å². The van der Waals surface area contributed by atoms with Gasteiger partial charge in [-0.2, -0.15) is 18.3 Å². The third-order valence-electron chi connectivity index (χ3n) is 5.61. The minimum Gasteiger partial charge on any atom is -0.254 e. The lowest BCUT2D eigenvalue weighted by molar-refractivity contribution is -0.137. The van der Waals surface area contributed by atoms with Crippen LogP contribution in [0.4, 0.5) is 18.9 Å². The molecule has 1 heterocycles. The first kappa shape index (κ1) is 23.6. The zero-order chi connectivity index (χ0) is 24.3. The molecule has 0 aliphatic carbocycles. The number of nitrogens with zero attached hydrogens (tertiary/aromatic N) is 2. The monoisotopic (exact) mass is 506 g/mol. The number of rotatable bonds is 6. The van der Waals surface area contributed by atoms with Gasteiger partial charge in [-0.25, -0.2) is 0 Å². The van der Waals surface area contributed by atoms with Crippen LogP contribution < -0.4 is 5.01 Å². The third kappa shape index (κ3) is 5.41. The Morgan fingerprint density at radius 1 is 0.800 bits per heavy atom. The Morgan fingerprint density at radius 3 is 2.31 bits per heavy atom. The Morgan fingerprint density at radius 2 is 1.51 bits per heavy atom. The highest BCUT2D eigenvalue weighted by Gasteiger charge is 2.35. The summed E-state index contributed by atoms with van der Waals surface area (Å²) in [6.45, 7) is 0. The molecule has 0 unspecified atom stereocenters. The van der Waals surface area contributed by atoms with Gasteiger partial charge in [0.05, 0.1) is 17.1 Å². The molecule has 0 bridgehead atoms. The summed E-state index contributed by atoms with van der Waals surface area (Å²) in [4.78, 5) is 1.08. The largest absolute Gasteiger partial charge is 0.417 e. The summed E-state index contributed by atoms with van der Waals surface area (Å²) < 4.78 is 40.4. The molecule has 7 heteroatoms. The summed E-state index contributed by atoms with van der Waals surface area (Å²) >= 11 is 3.04. The lowest BCUT2D eigenvalue weighted by Crippen LogP contribution is -2.12. The number of thioether (sulfide) groups is 2. The fourth-order valence-electron chi connectivity index (χ4n) is 3.91. The van der Waals surface area contributed by atoms with E-state index in [1.165, 1.54) is 40.6 Å². The molecule has 0 atom stereocenters. The fourth-order valence-corrected chi connectivity index (χ4v) is 5.80. The average Bonchev–Trinajstić information content (AvgIpc) is 3.38. The van der Waals surface area contributed by atoms with E-state index in [0.717, 1.165) is 22.4 Å². The smallest absolute Gasteiger partial charge is 0.254 e. The predicted octanol–water partition coefficient (Wildman–Crippen LogP) is 8.54. The molecule has 0 aromatic heterocycles. The molecule has 0 saturated carbocycles. The molecule has 0 fully saturated rings. The Labute approximate surface area is 210 Å². The normalized spacial score (nSPS) is 13.7. The summed E-state index contributed by atoms with van der Waals surface area (Å²) in [7, 11) is 0. The van der Waals surface area contributed by atoms with E-state index in [-0.39, 0.29) is 5.56 Å². The molecule has 5 rings (SSSR count). The van der Waals surface area contributed by atoms with Gasteiger partial charge in [0.2, 0.25) is 0 Å². The van der Waals surface area contributed by atoms with Crippen LogP contribution in [-0.4, -0.2) is 10.9 Å². The molecule has 1 aliphatic rings. The summed E-state index contributed by atoms with van der Waals surface area (Å²) in [5.41, 5.74) is 3.97. The van der Waals surface area contributed by atoms with E-state index in [4.69, 9.17) is 0 Å². The van der Waals surface area contributed by atoms with Crippen molar-refractivity contribution in [1.82, 2.24) is 0 Å². The maximum atomic E-state index is 13.5. The molecule has 4 aromatic rings. The lowest BCUT2D eigenvalue weighted by atomic mass is 10.0. The van der Waals surface area contributed by atoms with Gasteiger partial charge in [-0.15, -0.1) is 11.8 Å². The molecule has 35 heavy (non-hydrogen) atoms. The van der Waals surface area contributed by atoms with Gasteiger partial charge in [-0.1, -0.05) is 90.6 Å². The summed E-state index contributed by atoms with van der Waals surface area (Å²) in [6, 6.07) is 32.3. The van der Waals surface area contributed by atoms with Crippen molar-refractivity contribution in [2.75, 3.05) is 10.9 Å². The van der Waals surface area contributed by atoms with Crippen molar-refractivity contribution in [2.24, 2.45) is 5.10 Å². The molecule has 0 amide bonds. The molecule has 176 valence electrons. The molecule has 0 saturated heterocycles. The van der Waals surface area contributed by atoms with Crippen LogP contribution in [0.5, 0.6) is 0 Å². The maximum absolute atomic E-state index is 13.5. The first-order valence-electron chi connectivity index (χ1n) is 11.0. The fraction of sp³-hybridized carbons (Fsp3) is 0.107. The second-order valence-corrected chi connectivity index (χ2v) is 9.91. The Kier molecular flexibility index (Phi) is 6.88. The van der Waals surface area contributed by atoms with Crippen LogP contribution in [0.25, 0.3) is 11.1 Å². The summed E-state index contributed by atoms with van der Waals surface area (Å²) in [5, 5.41) is 6.66. The van der Waals surface area contributed by atoms with Crippen molar-refractivity contribution in [1.29, 1.82) is 0 Å². The van der Waals surface area contributed by atoms with Gasteiger partial charge < -0.3 is 0 Å². The van der Waals surface area contributed by atoms with Crippen molar-refractivity contribution < 1.29 is 13.2 Å². The minimum atomic E-state index is -4.42. The summed E-state index contributed by atoms with van der Waals surface area (Å²) in [5.74, 6) is 1.27. The van der Waals surface area contributed by atoms with Crippen LogP contribution in [0.15, 0.2) is 113 Å². The molecule has 0 spiro atoms. The average molecular weight is 507 g/mol. The van der Waals surface area contributed by atoms with Crippen LogP contribution in [0, 0.1) is 0 Å². The topological polar surface area (TPSA) is 15.6 Å². The zero-order valence-corrected chi connectivity index (χ0v) is 20.2. The third-order valence-corrected chi connectivity index (χ3v) is 7.60. The van der Waals surface area contributed by atoms with Crippen LogP contribution >= 0.6 is 23.5 Å². The Hall–Kier alpha value is -3.16. The number of hydrogen-bond acceptors (Lipinski definition) is 4. The Bertz CT molecular complexity index is 1350. The van der Waals surface area contributed by atoms with E-state index >= 15 is 0 Å². The van der Waals surface area contributed by atoms with E-state index in [1.807, 2.05) is 42.5 Å². The molecule has 0 N–H and O–H groups in total. The van der Waals surface area contributed by atoms with E-state index in [9.17, 15) is 13.2 Å². The van der Waals surface area contributed by atoms with Crippen molar-refractivity contribution in [3.05, 3.63) is 120 Å². The number of hydrogen-bond donors (Lipinski definition) is 0. The number of hydrazone groups is 1. The summed E-state index contributed by atoms with van der Waals surface area (Å²) in [6.07, 6.45) is -4.42. The zero-order valence-electron chi connectivity index (χ0n) is 18.6. The molecule has 2 nitrogen and oxygen atoms in total. The molecular formula is C28H21F3N2S2. The van der Waals surface area contributed by atoms with Crippen LogP contribution in [0.1, 0.15) is 16.7 Å². The van der Waals surface area contributed by atoms with Crippen molar-refractivity contribution >= 4 is 34.3 Å².